The summed E-state index contributed by atoms with van der Waals surface area (Å²) in [4.78, 5) is 15.9. The van der Waals surface area contributed by atoms with Gasteiger partial charge >= 0.3 is 5.97 Å². The lowest BCUT2D eigenvalue weighted by Gasteiger charge is -2.10. The van der Waals surface area contributed by atoms with Gasteiger partial charge in [-0.15, -0.1) is 0 Å². The number of esters is 1. The molecule has 3 aromatic rings. The van der Waals surface area contributed by atoms with Crippen molar-refractivity contribution >= 4 is 39.7 Å². The normalized spacial score (nSPS) is 12.3. The first-order chi connectivity index (χ1) is 13.9. The van der Waals surface area contributed by atoms with E-state index in [-0.39, 0.29) is 11.7 Å². The number of hydrogen-bond acceptors (Lipinski definition) is 4. The SMILES string of the molecule is CCC(=O)OCCc1ccc(-n2c(CC)nc3cc(CS(=O)O)c(Cl)cc32)cc1. The van der Waals surface area contributed by atoms with E-state index < -0.39 is 11.1 Å². The number of hydrogen-bond donors (Lipinski definition) is 1. The summed E-state index contributed by atoms with van der Waals surface area (Å²) in [5, 5.41) is 0.443. The standard InChI is InChI=1S/C21H23ClN2O4S/c1-3-20-23-18-11-15(13-29(26)27)17(22)12-19(18)24(20)16-7-5-14(6-8-16)9-10-28-21(25)4-2/h5-8,11-12H,3-4,9-10,13H2,1-2H3,(H,26,27). The minimum absolute atomic E-state index is 0.0274. The second kappa shape index (κ2) is 9.52. The van der Waals surface area contributed by atoms with Gasteiger partial charge in [-0.1, -0.05) is 37.6 Å². The molecule has 8 heteroatoms. The molecule has 2 aromatic carbocycles. The van der Waals surface area contributed by atoms with Crippen LogP contribution in [0.1, 0.15) is 37.2 Å². The van der Waals surface area contributed by atoms with Crippen molar-refractivity contribution in [2.45, 2.75) is 38.9 Å². The molecular formula is C21H23ClN2O4S. The highest BCUT2D eigenvalue weighted by Crippen LogP contribution is 2.28. The van der Waals surface area contributed by atoms with Gasteiger partial charge in [0.05, 0.1) is 23.4 Å². The van der Waals surface area contributed by atoms with E-state index in [1.165, 1.54) is 0 Å². The number of rotatable bonds is 8. The number of carbonyl (C=O) groups excluding carboxylic acids is 1. The minimum Gasteiger partial charge on any atom is -0.465 e. The van der Waals surface area contributed by atoms with Crippen molar-refractivity contribution in [3.8, 4) is 5.69 Å². The van der Waals surface area contributed by atoms with Crippen LogP contribution in [0.15, 0.2) is 36.4 Å². The molecule has 6 nitrogen and oxygen atoms in total. The maximum Gasteiger partial charge on any atom is 0.305 e. The highest BCUT2D eigenvalue weighted by Gasteiger charge is 2.15. The third-order valence-electron chi connectivity index (χ3n) is 4.62. The Kier molecular flexibility index (Phi) is 7.05. The fourth-order valence-corrected chi connectivity index (χ4v) is 3.97. The first-order valence-electron chi connectivity index (χ1n) is 9.45. The van der Waals surface area contributed by atoms with E-state index in [0.29, 0.717) is 30.0 Å². The van der Waals surface area contributed by atoms with Crippen LogP contribution in [0.2, 0.25) is 5.02 Å². The summed E-state index contributed by atoms with van der Waals surface area (Å²) in [6.45, 7) is 4.17. The second-order valence-corrected chi connectivity index (χ2v) is 7.94. The third kappa shape index (κ3) is 5.04. The van der Waals surface area contributed by atoms with E-state index in [1.54, 1.807) is 19.1 Å². The quantitative estimate of drug-likeness (QED) is 0.418. The van der Waals surface area contributed by atoms with Gasteiger partial charge in [-0.3, -0.25) is 9.36 Å². The van der Waals surface area contributed by atoms with Gasteiger partial charge in [0.25, 0.3) is 0 Å². The molecule has 1 unspecified atom stereocenters. The van der Waals surface area contributed by atoms with Gasteiger partial charge in [0.1, 0.15) is 5.82 Å². The Hall–Kier alpha value is -2.22. The topological polar surface area (TPSA) is 81.4 Å². The summed E-state index contributed by atoms with van der Waals surface area (Å²) in [5.74, 6) is 0.656. The molecule has 0 aliphatic heterocycles. The highest BCUT2D eigenvalue weighted by atomic mass is 35.5. The zero-order valence-corrected chi connectivity index (χ0v) is 17.9. The zero-order valence-electron chi connectivity index (χ0n) is 16.4. The Morgan fingerprint density at radius 1 is 1.24 bits per heavy atom. The number of ether oxygens (including phenoxy) is 1. The number of aryl methyl sites for hydroxylation is 1. The third-order valence-corrected chi connectivity index (χ3v) is 5.53. The number of imidazole rings is 1. The van der Waals surface area contributed by atoms with Gasteiger partial charge < -0.3 is 9.29 Å². The summed E-state index contributed by atoms with van der Waals surface area (Å²) in [5.41, 5.74) is 4.22. The van der Waals surface area contributed by atoms with E-state index >= 15 is 0 Å². The van der Waals surface area contributed by atoms with Crippen LogP contribution in [0.3, 0.4) is 0 Å². The van der Waals surface area contributed by atoms with Gasteiger partial charge in [0, 0.05) is 30.0 Å². The summed E-state index contributed by atoms with van der Waals surface area (Å²) >= 11 is 4.39. The van der Waals surface area contributed by atoms with Crippen molar-refractivity contribution in [1.82, 2.24) is 9.55 Å². The molecule has 0 spiro atoms. The van der Waals surface area contributed by atoms with Crippen LogP contribution in [-0.4, -0.2) is 30.9 Å². The molecule has 0 aliphatic rings. The predicted molar refractivity (Wildman–Crippen MR) is 115 cm³/mol. The second-order valence-electron chi connectivity index (χ2n) is 6.61. The van der Waals surface area contributed by atoms with Crippen LogP contribution < -0.4 is 0 Å². The molecule has 0 amide bonds. The number of carbonyl (C=O) groups is 1. The lowest BCUT2D eigenvalue weighted by Crippen LogP contribution is -2.06. The lowest BCUT2D eigenvalue weighted by molar-refractivity contribution is -0.143. The van der Waals surface area contributed by atoms with Crippen LogP contribution >= 0.6 is 11.6 Å². The molecule has 0 saturated heterocycles. The van der Waals surface area contributed by atoms with Crippen molar-refractivity contribution in [2.75, 3.05) is 6.61 Å². The fourth-order valence-electron chi connectivity index (χ4n) is 3.16. The van der Waals surface area contributed by atoms with Crippen molar-refractivity contribution in [3.05, 3.63) is 58.4 Å². The first kappa shape index (κ1) is 21.5. The van der Waals surface area contributed by atoms with E-state index in [1.807, 2.05) is 35.8 Å². The smallest absolute Gasteiger partial charge is 0.305 e. The highest BCUT2D eigenvalue weighted by molar-refractivity contribution is 7.78. The number of aromatic nitrogens is 2. The van der Waals surface area contributed by atoms with Crippen LogP contribution in [0.4, 0.5) is 0 Å². The molecule has 1 N–H and O–H groups in total. The Bertz CT molecular complexity index is 1050. The fraction of sp³-hybridized carbons (Fsp3) is 0.333. The van der Waals surface area contributed by atoms with Crippen LogP contribution in [0.5, 0.6) is 0 Å². The zero-order chi connectivity index (χ0) is 21.0. The maximum atomic E-state index is 11.2. The van der Waals surface area contributed by atoms with Crippen molar-refractivity contribution in [3.63, 3.8) is 0 Å². The van der Waals surface area contributed by atoms with E-state index in [9.17, 15) is 13.6 Å². The summed E-state index contributed by atoms with van der Waals surface area (Å²) in [6.07, 6.45) is 1.76. The molecule has 1 atom stereocenters. The monoisotopic (exact) mass is 434 g/mol. The van der Waals surface area contributed by atoms with Crippen molar-refractivity contribution in [2.24, 2.45) is 0 Å². The molecule has 0 fully saturated rings. The van der Waals surface area contributed by atoms with E-state index in [0.717, 1.165) is 34.5 Å². The molecule has 3 rings (SSSR count). The molecule has 0 aliphatic carbocycles. The molecular weight excluding hydrogens is 412 g/mol. The molecule has 29 heavy (non-hydrogen) atoms. The predicted octanol–water partition coefficient (Wildman–Crippen LogP) is 4.46. The number of nitrogens with zero attached hydrogens (tertiary/aromatic N) is 2. The van der Waals surface area contributed by atoms with Crippen LogP contribution in [-0.2, 0) is 39.2 Å². The summed E-state index contributed by atoms with van der Waals surface area (Å²) in [7, 11) is 0. The van der Waals surface area contributed by atoms with Gasteiger partial charge in [-0.05, 0) is 35.4 Å². The van der Waals surface area contributed by atoms with Gasteiger partial charge in [0.15, 0.2) is 11.1 Å². The summed E-state index contributed by atoms with van der Waals surface area (Å²) < 4.78 is 27.5. The van der Waals surface area contributed by atoms with E-state index in [2.05, 4.69) is 4.98 Å². The first-order valence-corrected chi connectivity index (χ1v) is 11.1. The van der Waals surface area contributed by atoms with Crippen LogP contribution in [0.25, 0.3) is 16.7 Å². The molecule has 0 radical (unpaired) electrons. The summed E-state index contributed by atoms with van der Waals surface area (Å²) in [6, 6.07) is 11.6. The van der Waals surface area contributed by atoms with Crippen molar-refractivity contribution < 1.29 is 18.3 Å². The molecule has 154 valence electrons. The Balaban J connectivity index is 1.91. The van der Waals surface area contributed by atoms with Crippen LogP contribution in [0, 0.1) is 0 Å². The molecule has 0 bridgehead atoms. The number of halogens is 1. The average molecular weight is 435 g/mol. The van der Waals surface area contributed by atoms with E-state index in [4.69, 9.17) is 16.3 Å². The Morgan fingerprint density at radius 3 is 2.59 bits per heavy atom. The lowest BCUT2D eigenvalue weighted by atomic mass is 10.1. The Morgan fingerprint density at radius 2 is 1.97 bits per heavy atom. The number of benzene rings is 2. The van der Waals surface area contributed by atoms with Crippen molar-refractivity contribution in [1.29, 1.82) is 0 Å². The molecule has 1 aromatic heterocycles. The molecule has 1 heterocycles. The van der Waals surface area contributed by atoms with Gasteiger partial charge in [-0.2, -0.15) is 0 Å². The number of fused-ring (bicyclic) bond motifs is 1. The molecule has 0 saturated carbocycles. The minimum atomic E-state index is -1.97. The Labute approximate surface area is 177 Å². The largest absolute Gasteiger partial charge is 0.465 e. The van der Waals surface area contributed by atoms with Gasteiger partial charge in [-0.25, -0.2) is 9.19 Å². The average Bonchev–Trinajstić information content (AvgIpc) is 3.05. The maximum absolute atomic E-state index is 11.2. The van der Waals surface area contributed by atoms with Gasteiger partial charge in [0.2, 0.25) is 0 Å².